The first-order valence-corrected chi connectivity index (χ1v) is 8.34. The van der Waals surface area contributed by atoms with Crippen molar-refractivity contribution in [2.45, 2.75) is 38.3 Å². The lowest BCUT2D eigenvalue weighted by Crippen LogP contribution is -2.31. The summed E-state index contributed by atoms with van der Waals surface area (Å²) in [6, 6.07) is 4.54. The maximum atomic E-state index is 12.5. The number of halogens is 4. The van der Waals surface area contributed by atoms with E-state index in [2.05, 4.69) is 4.90 Å². The summed E-state index contributed by atoms with van der Waals surface area (Å²) in [5.74, 6) is 1.55. The topological polar surface area (TPSA) is 20.3 Å². The van der Waals surface area contributed by atoms with Crippen molar-refractivity contribution in [1.29, 1.82) is 0 Å². The van der Waals surface area contributed by atoms with Gasteiger partial charge in [-0.2, -0.15) is 13.2 Å². The molecule has 6 heteroatoms. The SMILES string of the molecule is Cl.O=C(CCN1CCC2CCC(C2)C1)c1ccc(C(F)(F)F)cc1. The normalized spacial score (nSPS) is 24.3. The van der Waals surface area contributed by atoms with Crippen molar-refractivity contribution in [2.75, 3.05) is 19.6 Å². The molecule has 1 saturated heterocycles. The van der Waals surface area contributed by atoms with Crippen LogP contribution in [0.3, 0.4) is 0 Å². The molecule has 134 valence electrons. The van der Waals surface area contributed by atoms with Crippen LogP contribution in [0, 0.1) is 11.8 Å². The van der Waals surface area contributed by atoms with E-state index < -0.39 is 11.7 Å². The Morgan fingerprint density at radius 1 is 1.08 bits per heavy atom. The summed E-state index contributed by atoms with van der Waals surface area (Å²) in [5.41, 5.74) is -0.341. The largest absolute Gasteiger partial charge is 0.416 e. The molecule has 1 aliphatic carbocycles. The van der Waals surface area contributed by atoms with Gasteiger partial charge in [-0.25, -0.2) is 0 Å². The zero-order valence-electron chi connectivity index (χ0n) is 13.5. The van der Waals surface area contributed by atoms with Gasteiger partial charge in [0.15, 0.2) is 5.78 Å². The molecule has 1 aromatic carbocycles. The van der Waals surface area contributed by atoms with E-state index in [1.54, 1.807) is 0 Å². The number of carbonyl (C=O) groups excluding carboxylic acids is 1. The fourth-order valence-electron chi connectivity index (χ4n) is 3.88. The van der Waals surface area contributed by atoms with Gasteiger partial charge in [0, 0.05) is 25.1 Å². The molecule has 1 saturated carbocycles. The molecule has 2 fully saturated rings. The fraction of sp³-hybridized carbons (Fsp3) is 0.611. The minimum absolute atomic E-state index is 0. The van der Waals surface area contributed by atoms with Gasteiger partial charge < -0.3 is 4.90 Å². The standard InChI is InChI=1S/C18H22F3NO.ClH/c19-18(20,21)16-5-3-15(4-6-16)17(23)8-10-22-9-7-13-1-2-14(11-13)12-22;/h3-6,13-14H,1-2,7-12H2;1H. The molecule has 2 unspecified atom stereocenters. The van der Waals surface area contributed by atoms with Crippen molar-refractivity contribution in [1.82, 2.24) is 4.90 Å². The Morgan fingerprint density at radius 2 is 1.75 bits per heavy atom. The maximum Gasteiger partial charge on any atom is 0.416 e. The molecule has 0 amide bonds. The third kappa shape index (κ3) is 4.73. The third-order valence-electron chi connectivity index (χ3n) is 5.21. The van der Waals surface area contributed by atoms with E-state index in [1.165, 1.54) is 37.8 Å². The monoisotopic (exact) mass is 361 g/mol. The summed E-state index contributed by atoms with van der Waals surface area (Å²) in [6.45, 7) is 2.82. The highest BCUT2D eigenvalue weighted by molar-refractivity contribution is 5.96. The first-order chi connectivity index (χ1) is 10.9. The summed E-state index contributed by atoms with van der Waals surface area (Å²) >= 11 is 0. The average Bonchev–Trinajstić information content (AvgIpc) is 2.85. The van der Waals surface area contributed by atoms with Crippen LogP contribution in [0.15, 0.2) is 24.3 Å². The van der Waals surface area contributed by atoms with Gasteiger partial charge in [0.05, 0.1) is 5.56 Å². The molecule has 2 atom stereocenters. The lowest BCUT2D eigenvalue weighted by atomic mass is 10.0. The number of likely N-dealkylation sites (tertiary alicyclic amines) is 1. The molecule has 0 spiro atoms. The highest BCUT2D eigenvalue weighted by Gasteiger charge is 2.31. The Morgan fingerprint density at radius 3 is 2.42 bits per heavy atom. The Hall–Kier alpha value is -1.07. The zero-order chi connectivity index (χ0) is 16.4. The molecule has 1 aliphatic heterocycles. The predicted molar refractivity (Wildman–Crippen MR) is 89.5 cm³/mol. The predicted octanol–water partition coefficient (Wildman–Crippen LogP) is 4.82. The second kappa shape index (κ2) is 7.87. The van der Waals surface area contributed by atoms with Crippen molar-refractivity contribution in [2.24, 2.45) is 11.8 Å². The van der Waals surface area contributed by atoms with E-state index in [0.717, 1.165) is 37.1 Å². The number of ketones is 1. The zero-order valence-corrected chi connectivity index (χ0v) is 14.3. The molecule has 2 nitrogen and oxygen atoms in total. The molecule has 1 aromatic rings. The van der Waals surface area contributed by atoms with Crippen molar-refractivity contribution in [3.63, 3.8) is 0 Å². The Kier molecular flexibility index (Phi) is 6.32. The molecule has 0 radical (unpaired) electrons. The molecule has 1 heterocycles. The van der Waals surface area contributed by atoms with Crippen molar-refractivity contribution >= 4 is 18.2 Å². The summed E-state index contributed by atoms with van der Waals surface area (Å²) < 4.78 is 37.6. The lowest BCUT2D eigenvalue weighted by Gasteiger charge is -2.24. The van der Waals surface area contributed by atoms with Gasteiger partial charge >= 0.3 is 6.18 Å². The second-order valence-corrected chi connectivity index (χ2v) is 6.88. The molecule has 0 aromatic heterocycles. The van der Waals surface area contributed by atoms with Crippen LogP contribution in [-0.4, -0.2) is 30.3 Å². The first-order valence-electron chi connectivity index (χ1n) is 8.34. The highest BCUT2D eigenvalue weighted by atomic mass is 35.5. The molecule has 0 N–H and O–H groups in total. The van der Waals surface area contributed by atoms with Crippen LogP contribution in [0.1, 0.15) is 48.0 Å². The lowest BCUT2D eigenvalue weighted by molar-refractivity contribution is -0.137. The van der Waals surface area contributed by atoms with Crippen molar-refractivity contribution in [3.05, 3.63) is 35.4 Å². The summed E-state index contributed by atoms with van der Waals surface area (Å²) in [5, 5.41) is 0. The Bertz CT molecular complexity index is 558. The Labute approximate surface area is 146 Å². The number of alkyl halides is 3. The van der Waals surface area contributed by atoms with Crippen LogP contribution < -0.4 is 0 Å². The van der Waals surface area contributed by atoms with E-state index in [4.69, 9.17) is 0 Å². The van der Waals surface area contributed by atoms with Gasteiger partial charge in [-0.05, 0) is 49.8 Å². The summed E-state index contributed by atoms with van der Waals surface area (Å²) in [7, 11) is 0. The van der Waals surface area contributed by atoms with Crippen LogP contribution in [0.4, 0.5) is 13.2 Å². The number of hydrogen-bond donors (Lipinski definition) is 0. The molecule has 2 bridgehead atoms. The number of Topliss-reactive ketones (excluding diaryl/α,β-unsaturated/α-hetero) is 1. The molecule has 3 rings (SSSR count). The highest BCUT2D eigenvalue weighted by Crippen LogP contribution is 2.36. The minimum atomic E-state index is -4.35. The Balaban J connectivity index is 0.00000208. The van der Waals surface area contributed by atoms with Gasteiger partial charge in [0.2, 0.25) is 0 Å². The fourth-order valence-corrected chi connectivity index (χ4v) is 3.88. The average molecular weight is 362 g/mol. The number of benzene rings is 1. The smallest absolute Gasteiger partial charge is 0.303 e. The van der Waals surface area contributed by atoms with Gasteiger partial charge in [0.1, 0.15) is 0 Å². The van der Waals surface area contributed by atoms with E-state index in [0.29, 0.717) is 18.5 Å². The summed E-state index contributed by atoms with van der Waals surface area (Å²) in [6.07, 6.45) is 1.21. The number of fused-ring (bicyclic) bond motifs is 2. The molecule has 24 heavy (non-hydrogen) atoms. The molecular formula is C18H23ClF3NO. The number of rotatable bonds is 4. The van der Waals surface area contributed by atoms with Gasteiger partial charge in [-0.3, -0.25) is 4.79 Å². The van der Waals surface area contributed by atoms with Crippen LogP contribution in [0.5, 0.6) is 0 Å². The van der Waals surface area contributed by atoms with Gasteiger partial charge in [-0.1, -0.05) is 18.6 Å². The van der Waals surface area contributed by atoms with Crippen molar-refractivity contribution in [3.8, 4) is 0 Å². The van der Waals surface area contributed by atoms with E-state index in [1.807, 2.05) is 0 Å². The van der Waals surface area contributed by atoms with Gasteiger partial charge in [0.25, 0.3) is 0 Å². The third-order valence-corrected chi connectivity index (χ3v) is 5.21. The van der Waals surface area contributed by atoms with Crippen molar-refractivity contribution < 1.29 is 18.0 Å². The number of nitrogens with zero attached hydrogens (tertiary/aromatic N) is 1. The van der Waals surface area contributed by atoms with Crippen LogP contribution in [0.25, 0.3) is 0 Å². The van der Waals surface area contributed by atoms with E-state index in [-0.39, 0.29) is 18.2 Å². The van der Waals surface area contributed by atoms with E-state index in [9.17, 15) is 18.0 Å². The minimum Gasteiger partial charge on any atom is -0.303 e. The van der Waals surface area contributed by atoms with Gasteiger partial charge in [-0.15, -0.1) is 12.4 Å². The number of hydrogen-bond acceptors (Lipinski definition) is 2. The van der Waals surface area contributed by atoms with Crippen LogP contribution >= 0.6 is 12.4 Å². The second-order valence-electron chi connectivity index (χ2n) is 6.88. The van der Waals surface area contributed by atoms with E-state index >= 15 is 0 Å². The van der Waals surface area contributed by atoms with Crippen LogP contribution in [-0.2, 0) is 6.18 Å². The number of carbonyl (C=O) groups is 1. The first kappa shape index (κ1) is 19.3. The maximum absolute atomic E-state index is 12.5. The quantitative estimate of drug-likeness (QED) is 0.716. The molecular weight excluding hydrogens is 339 g/mol. The molecule has 2 aliphatic rings. The van der Waals surface area contributed by atoms with Crippen LogP contribution in [0.2, 0.25) is 0 Å². The summed E-state index contributed by atoms with van der Waals surface area (Å²) in [4.78, 5) is 14.5.